The fourth-order valence-electron chi connectivity index (χ4n) is 0.880. The lowest BCUT2D eigenvalue weighted by atomic mass is 10.2. The van der Waals surface area contributed by atoms with Gasteiger partial charge in [-0.3, -0.25) is 0 Å². The van der Waals surface area contributed by atoms with Crippen molar-refractivity contribution in [2.45, 2.75) is 12.4 Å². The molecule has 0 bridgehead atoms. The maximum atomic E-state index is 12.3. The van der Waals surface area contributed by atoms with Gasteiger partial charge in [-0.2, -0.15) is 30.7 Å². The maximum absolute atomic E-state index is 12.3. The van der Waals surface area contributed by atoms with E-state index in [-0.39, 0.29) is 12.1 Å². The summed E-state index contributed by atoms with van der Waals surface area (Å²) < 4.78 is 84.5. The van der Waals surface area contributed by atoms with Gasteiger partial charge in [-0.15, -0.1) is 0 Å². The van der Waals surface area contributed by atoms with Crippen LogP contribution >= 0.6 is 0 Å². The summed E-state index contributed by atoms with van der Waals surface area (Å²) >= 11 is 0. The Morgan fingerprint density at radius 3 is 1.80 bits per heavy atom. The highest BCUT2D eigenvalue weighted by Gasteiger charge is 2.44. The van der Waals surface area contributed by atoms with Crippen molar-refractivity contribution in [3.63, 3.8) is 0 Å². The number of hydrogen-bond donors (Lipinski definition) is 0. The molecular weight excluding hydrogens is 231 g/mol. The van der Waals surface area contributed by atoms with Crippen molar-refractivity contribution < 1.29 is 30.7 Å². The van der Waals surface area contributed by atoms with E-state index in [9.17, 15) is 30.7 Å². The van der Waals surface area contributed by atoms with E-state index in [1.54, 1.807) is 0 Å². The second-order valence-electron chi connectivity index (χ2n) is 2.53. The lowest BCUT2D eigenvalue weighted by Crippen LogP contribution is -2.19. The number of rotatable bonds is 0. The van der Waals surface area contributed by atoms with Gasteiger partial charge in [0.1, 0.15) is 0 Å². The molecule has 8 heteroatoms. The fourth-order valence-corrected chi connectivity index (χ4v) is 0.880. The van der Waals surface area contributed by atoms with Crippen molar-refractivity contribution in [1.29, 1.82) is 0 Å². The maximum Gasteiger partial charge on any atom is 0.434 e. The molecule has 0 aliphatic carbocycles. The molecule has 0 aliphatic rings. The van der Waals surface area contributed by atoms with Gasteiger partial charge in [0, 0.05) is 0 Å². The fraction of sp³-hybridized carbons (Fsp3) is 0.286. The summed E-state index contributed by atoms with van der Waals surface area (Å²) in [5, 5.41) is 0. The summed E-state index contributed by atoms with van der Waals surface area (Å²) in [6.45, 7) is 0. The van der Waals surface area contributed by atoms with Crippen LogP contribution in [0.4, 0.5) is 30.7 Å². The van der Waals surface area contributed by atoms with Crippen LogP contribution in [0.15, 0.2) is 12.1 Å². The third kappa shape index (κ3) is 2.57. The molecule has 0 N–H and O–H groups in total. The summed E-state index contributed by atoms with van der Waals surface area (Å²) in [5.41, 5.74) is -4.27. The van der Waals surface area contributed by atoms with E-state index in [0.29, 0.717) is 0 Å². The summed E-state index contributed by atoms with van der Waals surface area (Å²) in [4.78, 5) is 2.20. The molecule has 0 aromatic carbocycles. The minimum atomic E-state index is -5.34. The standard InChI is InChI=1S/C7H2F7N/c8-4-2-1-3(6(9,10)11)5(15-4)7(12,13)14/h1-2H. The summed E-state index contributed by atoms with van der Waals surface area (Å²) in [6.07, 6.45) is -10.6. The largest absolute Gasteiger partial charge is 0.434 e. The summed E-state index contributed by atoms with van der Waals surface area (Å²) in [7, 11) is 0. The zero-order valence-corrected chi connectivity index (χ0v) is 6.75. The normalized spacial score (nSPS) is 13.0. The molecule has 1 aromatic rings. The molecule has 84 valence electrons. The predicted octanol–water partition coefficient (Wildman–Crippen LogP) is 3.26. The van der Waals surface area contributed by atoms with Crippen LogP contribution in [0.5, 0.6) is 0 Å². The molecular formula is C7H2F7N. The molecule has 15 heavy (non-hydrogen) atoms. The van der Waals surface area contributed by atoms with Crippen LogP contribution in [0, 0.1) is 5.95 Å². The van der Waals surface area contributed by atoms with Crippen molar-refractivity contribution in [2.75, 3.05) is 0 Å². The lowest BCUT2D eigenvalue weighted by Gasteiger charge is -2.13. The first-order chi connectivity index (χ1) is 6.62. The minimum absolute atomic E-state index is 0.00512. The molecule has 1 heterocycles. The number of aromatic nitrogens is 1. The Hall–Kier alpha value is -1.34. The highest BCUT2D eigenvalue weighted by molar-refractivity contribution is 5.25. The topological polar surface area (TPSA) is 12.9 Å². The first-order valence-corrected chi connectivity index (χ1v) is 3.43. The van der Waals surface area contributed by atoms with Crippen LogP contribution in [-0.2, 0) is 12.4 Å². The van der Waals surface area contributed by atoms with E-state index in [2.05, 4.69) is 4.98 Å². The average Bonchev–Trinajstić information content (AvgIpc) is 2.00. The molecule has 1 aromatic heterocycles. The van der Waals surface area contributed by atoms with Crippen molar-refractivity contribution >= 4 is 0 Å². The van der Waals surface area contributed by atoms with Crippen LogP contribution < -0.4 is 0 Å². The van der Waals surface area contributed by atoms with Crippen LogP contribution in [0.3, 0.4) is 0 Å². The Morgan fingerprint density at radius 2 is 1.40 bits per heavy atom. The Morgan fingerprint density at radius 1 is 0.867 bits per heavy atom. The van der Waals surface area contributed by atoms with Crippen LogP contribution in [0.1, 0.15) is 11.3 Å². The van der Waals surface area contributed by atoms with E-state index in [1.807, 2.05) is 0 Å². The molecule has 1 rings (SSSR count). The third-order valence-electron chi connectivity index (χ3n) is 1.44. The van der Waals surface area contributed by atoms with Gasteiger partial charge in [0.05, 0.1) is 5.56 Å². The van der Waals surface area contributed by atoms with Crippen LogP contribution in [0.2, 0.25) is 0 Å². The average molecular weight is 233 g/mol. The van der Waals surface area contributed by atoms with Crippen LogP contribution in [0.25, 0.3) is 0 Å². The lowest BCUT2D eigenvalue weighted by molar-refractivity contribution is -0.165. The predicted molar refractivity (Wildman–Crippen MR) is 34.2 cm³/mol. The Labute approximate surface area is 78.5 Å². The van der Waals surface area contributed by atoms with Gasteiger partial charge in [-0.1, -0.05) is 0 Å². The van der Waals surface area contributed by atoms with Gasteiger partial charge in [0.15, 0.2) is 5.69 Å². The first-order valence-electron chi connectivity index (χ1n) is 3.43. The van der Waals surface area contributed by atoms with E-state index in [1.165, 1.54) is 0 Å². The summed E-state index contributed by atoms with van der Waals surface area (Å²) in [6, 6.07) is 0.225. The smallest absolute Gasteiger partial charge is 0.215 e. The van der Waals surface area contributed by atoms with E-state index < -0.39 is 29.6 Å². The Bertz CT molecular complexity index is 365. The Balaban J connectivity index is 3.41. The number of pyridine rings is 1. The Kier molecular flexibility index (Phi) is 2.62. The molecule has 0 spiro atoms. The second-order valence-corrected chi connectivity index (χ2v) is 2.53. The highest BCUT2D eigenvalue weighted by Crippen LogP contribution is 2.38. The van der Waals surface area contributed by atoms with Gasteiger partial charge in [-0.05, 0) is 12.1 Å². The van der Waals surface area contributed by atoms with E-state index >= 15 is 0 Å². The monoisotopic (exact) mass is 233 g/mol. The zero-order chi connectivity index (χ0) is 11.9. The van der Waals surface area contributed by atoms with Crippen molar-refractivity contribution in [1.82, 2.24) is 4.98 Å². The number of alkyl halides is 6. The SMILES string of the molecule is Fc1ccc(C(F)(F)F)c(C(F)(F)F)n1. The summed E-state index contributed by atoms with van der Waals surface area (Å²) in [5.74, 6) is -1.62. The van der Waals surface area contributed by atoms with Gasteiger partial charge in [0.2, 0.25) is 5.95 Å². The first kappa shape index (κ1) is 11.7. The number of hydrogen-bond acceptors (Lipinski definition) is 1. The van der Waals surface area contributed by atoms with Gasteiger partial charge in [-0.25, -0.2) is 4.98 Å². The molecule has 0 radical (unpaired) electrons. The van der Waals surface area contributed by atoms with Gasteiger partial charge in [0.25, 0.3) is 0 Å². The van der Waals surface area contributed by atoms with Crippen molar-refractivity contribution in [3.05, 3.63) is 29.3 Å². The molecule has 1 nitrogen and oxygen atoms in total. The molecule has 0 fully saturated rings. The molecule has 0 unspecified atom stereocenters. The van der Waals surface area contributed by atoms with Crippen molar-refractivity contribution in [2.24, 2.45) is 0 Å². The zero-order valence-electron chi connectivity index (χ0n) is 6.75. The van der Waals surface area contributed by atoms with E-state index in [0.717, 1.165) is 0 Å². The van der Waals surface area contributed by atoms with Crippen LogP contribution in [-0.4, -0.2) is 4.98 Å². The van der Waals surface area contributed by atoms with E-state index in [4.69, 9.17) is 0 Å². The van der Waals surface area contributed by atoms with Gasteiger partial charge >= 0.3 is 12.4 Å². The second kappa shape index (κ2) is 3.35. The highest BCUT2D eigenvalue weighted by atomic mass is 19.4. The molecule has 0 aliphatic heterocycles. The third-order valence-corrected chi connectivity index (χ3v) is 1.44. The molecule has 0 amide bonds. The molecule has 0 atom stereocenters. The van der Waals surface area contributed by atoms with Crippen molar-refractivity contribution in [3.8, 4) is 0 Å². The molecule has 0 saturated carbocycles. The van der Waals surface area contributed by atoms with Gasteiger partial charge < -0.3 is 0 Å². The quantitative estimate of drug-likeness (QED) is 0.495. The minimum Gasteiger partial charge on any atom is -0.215 e. The molecule has 0 saturated heterocycles. The number of halogens is 7. The number of nitrogens with zero attached hydrogens (tertiary/aromatic N) is 1.